The molecule has 0 spiro atoms. The molecule has 2 rings (SSSR count). The molecule has 0 fully saturated rings. The largest absolute Gasteiger partial charge is 0.389 e. The van der Waals surface area contributed by atoms with Crippen LogP contribution in [0.3, 0.4) is 0 Å². The van der Waals surface area contributed by atoms with Crippen LogP contribution in [-0.2, 0) is 7.05 Å². The third kappa shape index (κ3) is 2.78. The summed E-state index contributed by atoms with van der Waals surface area (Å²) in [7, 11) is 1.62. The van der Waals surface area contributed by atoms with Gasteiger partial charge in [-0.25, -0.2) is 4.39 Å². The molecule has 0 aliphatic rings. The Kier molecular flexibility index (Phi) is 4.01. The number of nitrogens with zero attached hydrogens (tertiary/aromatic N) is 2. The number of hydrogen-bond donors (Lipinski definition) is 2. The molecule has 0 atom stereocenters. The first-order valence-corrected chi connectivity index (χ1v) is 6.27. The molecule has 2 aromatic rings. The summed E-state index contributed by atoms with van der Waals surface area (Å²) in [6.07, 6.45) is 1.44. The van der Waals surface area contributed by atoms with Gasteiger partial charge in [0.25, 0.3) is 5.91 Å². The van der Waals surface area contributed by atoms with E-state index in [9.17, 15) is 9.18 Å². The zero-order chi connectivity index (χ0) is 14.9. The fourth-order valence-corrected chi connectivity index (χ4v) is 1.85. The molecule has 1 aromatic heterocycles. The number of thiocarbonyl (C=S) groups is 1. The van der Waals surface area contributed by atoms with Gasteiger partial charge < -0.3 is 11.1 Å². The summed E-state index contributed by atoms with van der Waals surface area (Å²) in [5.74, 6) is -0.835. The van der Waals surface area contributed by atoms with Crippen molar-refractivity contribution >= 4 is 40.5 Å². The number of carbonyl (C=O) groups is 1. The number of carbonyl (C=O) groups excluding carboxylic acids is 1. The van der Waals surface area contributed by atoms with E-state index in [4.69, 9.17) is 29.6 Å². The smallest absolute Gasteiger partial charge is 0.256 e. The minimum absolute atomic E-state index is 0.0501. The van der Waals surface area contributed by atoms with Crippen LogP contribution in [0, 0.1) is 5.82 Å². The first-order chi connectivity index (χ1) is 9.40. The van der Waals surface area contributed by atoms with Gasteiger partial charge in [-0.2, -0.15) is 5.10 Å². The van der Waals surface area contributed by atoms with E-state index in [1.807, 2.05) is 0 Å². The molecule has 104 valence electrons. The Labute approximate surface area is 124 Å². The second kappa shape index (κ2) is 5.56. The molecule has 5 nitrogen and oxygen atoms in total. The average molecular weight is 313 g/mol. The Balaban J connectivity index is 2.30. The molecule has 1 amide bonds. The Morgan fingerprint density at radius 3 is 2.85 bits per heavy atom. The van der Waals surface area contributed by atoms with Crippen LogP contribution < -0.4 is 11.1 Å². The van der Waals surface area contributed by atoms with Gasteiger partial charge in [0.1, 0.15) is 16.6 Å². The van der Waals surface area contributed by atoms with Crippen LogP contribution >= 0.6 is 23.8 Å². The van der Waals surface area contributed by atoms with E-state index in [1.165, 1.54) is 23.0 Å². The standard InChI is InChI=1S/C12H10ClFN4OS/c1-18-11(7(5-16-18)10(15)20)17-12(19)6-2-3-8(13)9(14)4-6/h2-5H,1H3,(H2,15,20)(H,17,19). The van der Waals surface area contributed by atoms with E-state index in [1.54, 1.807) is 7.05 Å². The summed E-state index contributed by atoms with van der Waals surface area (Å²) in [6, 6.07) is 3.77. The number of aryl methyl sites for hydroxylation is 1. The number of rotatable bonds is 3. The second-order valence-electron chi connectivity index (χ2n) is 3.98. The third-order valence-corrected chi connectivity index (χ3v) is 3.14. The van der Waals surface area contributed by atoms with Crippen LogP contribution in [0.25, 0.3) is 0 Å². The lowest BCUT2D eigenvalue weighted by molar-refractivity contribution is 0.102. The third-order valence-electron chi connectivity index (χ3n) is 2.62. The topological polar surface area (TPSA) is 72.9 Å². The summed E-state index contributed by atoms with van der Waals surface area (Å²) < 4.78 is 14.8. The minimum atomic E-state index is -0.668. The molecular formula is C12H10ClFN4OS. The van der Waals surface area contributed by atoms with Gasteiger partial charge >= 0.3 is 0 Å². The average Bonchev–Trinajstić information content (AvgIpc) is 2.74. The number of anilines is 1. The van der Waals surface area contributed by atoms with E-state index in [0.29, 0.717) is 11.4 Å². The van der Waals surface area contributed by atoms with Crippen LogP contribution in [0.15, 0.2) is 24.4 Å². The van der Waals surface area contributed by atoms with Crippen molar-refractivity contribution < 1.29 is 9.18 Å². The molecular weight excluding hydrogens is 303 g/mol. The summed E-state index contributed by atoms with van der Waals surface area (Å²) >= 11 is 10.4. The first kappa shape index (κ1) is 14.4. The normalized spacial score (nSPS) is 10.3. The van der Waals surface area contributed by atoms with E-state index >= 15 is 0 Å². The van der Waals surface area contributed by atoms with Gasteiger partial charge in [0.2, 0.25) is 0 Å². The van der Waals surface area contributed by atoms with E-state index in [-0.39, 0.29) is 15.6 Å². The Morgan fingerprint density at radius 2 is 2.25 bits per heavy atom. The lowest BCUT2D eigenvalue weighted by Crippen LogP contribution is -2.19. The molecule has 0 saturated heterocycles. The molecule has 0 aliphatic carbocycles. The molecule has 1 aromatic carbocycles. The number of nitrogens with one attached hydrogen (secondary N) is 1. The number of amides is 1. The number of aromatic nitrogens is 2. The highest BCUT2D eigenvalue weighted by molar-refractivity contribution is 7.80. The molecule has 3 N–H and O–H groups in total. The number of benzene rings is 1. The van der Waals surface area contributed by atoms with Gasteiger partial charge in [0.05, 0.1) is 16.8 Å². The van der Waals surface area contributed by atoms with Crippen molar-refractivity contribution in [2.75, 3.05) is 5.32 Å². The maximum Gasteiger partial charge on any atom is 0.256 e. The fourth-order valence-electron chi connectivity index (χ4n) is 1.58. The maximum absolute atomic E-state index is 13.3. The van der Waals surface area contributed by atoms with Crippen molar-refractivity contribution in [2.45, 2.75) is 0 Å². The number of halogens is 2. The second-order valence-corrected chi connectivity index (χ2v) is 4.82. The van der Waals surface area contributed by atoms with E-state index in [0.717, 1.165) is 6.07 Å². The van der Waals surface area contributed by atoms with Gasteiger partial charge in [-0.05, 0) is 18.2 Å². The van der Waals surface area contributed by atoms with Gasteiger partial charge in [0, 0.05) is 12.6 Å². The summed E-state index contributed by atoms with van der Waals surface area (Å²) in [5.41, 5.74) is 6.10. The summed E-state index contributed by atoms with van der Waals surface area (Å²) in [6.45, 7) is 0. The number of nitrogens with two attached hydrogens (primary N) is 1. The van der Waals surface area contributed by atoms with Crippen molar-refractivity contribution in [1.29, 1.82) is 0 Å². The highest BCUT2D eigenvalue weighted by atomic mass is 35.5. The van der Waals surface area contributed by atoms with Crippen LogP contribution in [0.2, 0.25) is 5.02 Å². The SMILES string of the molecule is Cn1ncc(C(N)=S)c1NC(=O)c1ccc(Cl)c(F)c1. The summed E-state index contributed by atoms with van der Waals surface area (Å²) in [5, 5.41) is 6.49. The van der Waals surface area contributed by atoms with Gasteiger partial charge in [-0.1, -0.05) is 23.8 Å². The van der Waals surface area contributed by atoms with Gasteiger partial charge in [-0.15, -0.1) is 0 Å². The van der Waals surface area contributed by atoms with Crippen molar-refractivity contribution in [2.24, 2.45) is 12.8 Å². The predicted octanol–water partition coefficient (Wildman–Crippen LogP) is 2.10. The monoisotopic (exact) mass is 312 g/mol. The van der Waals surface area contributed by atoms with Crippen molar-refractivity contribution in [3.63, 3.8) is 0 Å². The van der Waals surface area contributed by atoms with Crippen molar-refractivity contribution in [3.05, 3.63) is 46.4 Å². The number of hydrogen-bond acceptors (Lipinski definition) is 3. The maximum atomic E-state index is 13.3. The zero-order valence-electron chi connectivity index (χ0n) is 10.4. The quantitative estimate of drug-likeness (QED) is 0.851. The molecule has 8 heteroatoms. The Bertz CT molecular complexity index is 701. The van der Waals surface area contributed by atoms with Crippen LogP contribution in [-0.4, -0.2) is 20.7 Å². The predicted molar refractivity (Wildman–Crippen MR) is 78.5 cm³/mol. The van der Waals surface area contributed by atoms with Crippen LogP contribution in [0.4, 0.5) is 10.2 Å². The summed E-state index contributed by atoms with van der Waals surface area (Å²) in [4.78, 5) is 12.2. The zero-order valence-corrected chi connectivity index (χ0v) is 11.9. The molecule has 0 saturated carbocycles. The highest BCUT2D eigenvalue weighted by Crippen LogP contribution is 2.18. The fraction of sp³-hybridized carbons (Fsp3) is 0.0833. The molecule has 0 radical (unpaired) electrons. The molecule has 1 heterocycles. The molecule has 0 aliphatic heterocycles. The molecule has 0 bridgehead atoms. The Hall–Kier alpha value is -1.99. The molecule has 20 heavy (non-hydrogen) atoms. The van der Waals surface area contributed by atoms with Crippen molar-refractivity contribution in [3.8, 4) is 0 Å². The first-order valence-electron chi connectivity index (χ1n) is 5.48. The highest BCUT2D eigenvalue weighted by Gasteiger charge is 2.15. The van der Waals surface area contributed by atoms with E-state index < -0.39 is 11.7 Å². The Morgan fingerprint density at radius 1 is 1.55 bits per heavy atom. The van der Waals surface area contributed by atoms with Gasteiger partial charge in [-0.3, -0.25) is 9.48 Å². The van der Waals surface area contributed by atoms with Crippen LogP contribution in [0.1, 0.15) is 15.9 Å². The van der Waals surface area contributed by atoms with Crippen LogP contribution in [0.5, 0.6) is 0 Å². The minimum Gasteiger partial charge on any atom is -0.389 e. The molecule has 0 unspecified atom stereocenters. The lowest BCUT2D eigenvalue weighted by Gasteiger charge is -2.08. The lowest BCUT2D eigenvalue weighted by atomic mass is 10.2. The van der Waals surface area contributed by atoms with Crippen molar-refractivity contribution in [1.82, 2.24) is 9.78 Å². The van der Waals surface area contributed by atoms with Gasteiger partial charge in [0.15, 0.2) is 0 Å². The van der Waals surface area contributed by atoms with E-state index in [2.05, 4.69) is 10.4 Å².